The summed E-state index contributed by atoms with van der Waals surface area (Å²) in [4.78, 5) is 6.68. The van der Waals surface area contributed by atoms with Crippen molar-refractivity contribution in [3.05, 3.63) is 0 Å². The quantitative estimate of drug-likeness (QED) is 0.204. The van der Waals surface area contributed by atoms with Gasteiger partial charge in [0.25, 0.3) is 0 Å². The van der Waals surface area contributed by atoms with Crippen LogP contribution < -0.4 is 10.6 Å². The summed E-state index contributed by atoms with van der Waals surface area (Å²) < 4.78 is 11.2. The van der Waals surface area contributed by atoms with Crippen molar-refractivity contribution in [3.63, 3.8) is 0 Å². The van der Waals surface area contributed by atoms with Gasteiger partial charge in [-0.2, -0.15) is 0 Å². The van der Waals surface area contributed by atoms with E-state index in [1.807, 2.05) is 7.05 Å². The minimum Gasteiger partial charge on any atom is -0.379 e. The summed E-state index contributed by atoms with van der Waals surface area (Å²) in [6, 6.07) is 0. The van der Waals surface area contributed by atoms with E-state index >= 15 is 0 Å². The molecule has 0 aromatic heterocycles. The number of hydrogen-bond acceptors (Lipinski definition) is 4. The molecule has 0 aromatic rings. The third-order valence-electron chi connectivity index (χ3n) is 4.15. The average molecular weight is 456 g/mol. The number of halogens is 1. The Balaban J connectivity index is 0.00000529. The Morgan fingerprint density at radius 1 is 1.21 bits per heavy atom. The van der Waals surface area contributed by atoms with Crippen molar-refractivity contribution in [2.75, 3.05) is 59.6 Å². The van der Waals surface area contributed by atoms with Crippen LogP contribution in [0.1, 0.15) is 39.5 Å². The second kappa shape index (κ2) is 16.4. The van der Waals surface area contributed by atoms with Gasteiger partial charge in [0, 0.05) is 33.4 Å². The van der Waals surface area contributed by atoms with Gasteiger partial charge in [0.15, 0.2) is 5.96 Å². The Kier molecular flexibility index (Phi) is 16.3. The topological polar surface area (TPSA) is 58.1 Å². The van der Waals surface area contributed by atoms with Gasteiger partial charge in [0.05, 0.1) is 12.7 Å². The van der Waals surface area contributed by atoms with Crippen molar-refractivity contribution in [1.29, 1.82) is 0 Å². The molecule has 0 radical (unpaired) electrons. The van der Waals surface area contributed by atoms with E-state index < -0.39 is 0 Å². The molecule has 1 heterocycles. The molecule has 6 nitrogen and oxygen atoms in total. The lowest BCUT2D eigenvalue weighted by atomic mass is 10.2. The van der Waals surface area contributed by atoms with Crippen LogP contribution in [0, 0.1) is 0 Å². The molecule has 1 atom stereocenters. The molecule has 0 saturated carbocycles. The van der Waals surface area contributed by atoms with Gasteiger partial charge >= 0.3 is 0 Å². The van der Waals surface area contributed by atoms with Crippen molar-refractivity contribution in [1.82, 2.24) is 15.5 Å². The van der Waals surface area contributed by atoms with E-state index in [0.29, 0.717) is 6.10 Å². The van der Waals surface area contributed by atoms with E-state index in [1.165, 1.54) is 6.42 Å². The molecule has 1 fully saturated rings. The molecule has 24 heavy (non-hydrogen) atoms. The lowest BCUT2D eigenvalue weighted by Crippen LogP contribution is -2.39. The molecule has 1 aliphatic rings. The van der Waals surface area contributed by atoms with Crippen LogP contribution in [-0.4, -0.2) is 76.6 Å². The minimum absolute atomic E-state index is 0. The number of ether oxygens (including phenoxy) is 2. The number of hydrogen-bond donors (Lipinski definition) is 2. The Morgan fingerprint density at radius 3 is 2.50 bits per heavy atom. The lowest BCUT2D eigenvalue weighted by Gasteiger charge is -2.18. The van der Waals surface area contributed by atoms with Crippen LogP contribution in [0.5, 0.6) is 0 Å². The summed E-state index contributed by atoms with van der Waals surface area (Å²) in [5.74, 6) is 0.878. The first-order valence-corrected chi connectivity index (χ1v) is 9.16. The second-order valence-corrected chi connectivity index (χ2v) is 5.87. The van der Waals surface area contributed by atoms with Gasteiger partial charge < -0.3 is 25.0 Å². The molecule has 1 aliphatic heterocycles. The van der Waals surface area contributed by atoms with Gasteiger partial charge in [-0.25, -0.2) is 0 Å². The molecule has 144 valence electrons. The molecule has 1 rings (SSSR count). The molecule has 1 saturated heterocycles. The van der Waals surface area contributed by atoms with Gasteiger partial charge in [-0.1, -0.05) is 13.8 Å². The van der Waals surface area contributed by atoms with E-state index in [2.05, 4.69) is 34.4 Å². The maximum Gasteiger partial charge on any atom is 0.190 e. The van der Waals surface area contributed by atoms with Crippen LogP contribution in [0.15, 0.2) is 4.99 Å². The molecule has 7 heteroatoms. The lowest BCUT2D eigenvalue weighted by molar-refractivity contribution is 0.0168. The first-order valence-electron chi connectivity index (χ1n) is 9.16. The largest absolute Gasteiger partial charge is 0.379 e. The molecule has 1 unspecified atom stereocenters. The van der Waals surface area contributed by atoms with E-state index in [4.69, 9.17) is 9.47 Å². The summed E-state index contributed by atoms with van der Waals surface area (Å²) in [5.41, 5.74) is 0. The van der Waals surface area contributed by atoms with Gasteiger partial charge in [0.2, 0.25) is 0 Å². The molecule has 0 aromatic carbocycles. The maximum absolute atomic E-state index is 5.65. The maximum atomic E-state index is 5.65. The second-order valence-electron chi connectivity index (χ2n) is 5.87. The van der Waals surface area contributed by atoms with E-state index in [-0.39, 0.29) is 24.0 Å². The summed E-state index contributed by atoms with van der Waals surface area (Å²) in [5, 5.41) is 6.69. The third kappa shape index (κ3) is 11.4. The van der Waals surface area contributed by atoms with Crippen LogP contribution in [0.4, 0.5) is 0 Å². The molecular weight excluding hydrogens is 419 g/mol. The van der Waals surface area contributed by atoms with Crippen LogP contribution in [-0.2, 0) is 9.47 Å². The van der Waals surface area contributed by atoms with Crippen LogP contribution >= 0.6 is 24.0 Å². The molecule has 0 amide bonds. The van der Waals surface area contributed by atoms with Crippen molar-refractivity contribution >= 4 is 29.9 Å². The molecular formula is C17H37IN4O2. The first kappa shape index (κ1) is 23.9. The smallest absolute Gasteiger partial charge is 0.190 e. The zero-order valence-electron chi connectivity index (χ0n) is 15.7. The van der Waals surface area contributed by atoms with Gasteiger partial charge in [0.1, 0.15) is 0 Å². The van der Waals surface area contributed by atoms with Crippen LogP contribution in [0.3, 0.4) is 0 Å². The highest BCUT2D eigenvalue weighted by molar-refractivity contribution is 14.0. The zero-order chi connectivity index (χ0) is 16.8. The van der Waals surface area contributed by atoms with Crippen LogP contribution in [0.25, 0.3) is 0 Å². The predicted octanol–water partition coefficient (Wildman–Crippen LogP) is 2.09. The Labute approximate surface area is 165 Å². The molecule has 0 spiro atoms. The van der Waals surface area contributed by atoms with E-state index in [1.54, 1.807) is 0 Å². The SMILES string of the molecule is CCN(CC)CCCNC(=NC)NCCCOCC1CCCO1.I. The number of aliphatic imine (C=N–C) groups is 1. The van der Waals surface area contributed by atoms with Crippen molar-refractivity contribution in [2.45, 2.75) is 45.6 Å². The fourth-order valence-electron chi connectivity index (χ4n) is 2.64. The number of nitrogens with one attached hydrogen (secondary N) is 2. The number of guanidine groups is 1. The normalized spacial score (nSPS) is 17.8. The van der Waals surface area contributed by atoms with Gasteiger partial charge in [-0.05, 0) is 45.3 Å². The standard InChI is InChI=1S/C17H36N4O2.HI/c1-4-21(5-2)12-7-10-19-17(18-3)20-11-8-13-22-15-16-9-6-14-23-16;/h16H,4-15H2,1-3H3,(H2,18,19,20);1H. The molecule has 0 aliphatic carbocycles. The Hall–Kier alpha value is -0.120. The van der Waals surface area contributed by atoms with Crippen molar-refractivity contribution in [2.24, 2.45) is 4.99 Å². The Morgan fingerprint density at radius 2 is 1.92 bits per heavy atom. The summed E-state index contributed by atoms with van der Waals surface area (Å²) in [6.45, 7) is 12.0. The molecule has 2 N–H and O–H groups in total. The summed E-state index contributed by atoms with van der Waals surface area (Å²) >= 11 is 0. The van der Waals surface area contributed by atoms with Crippen molar-refractivity contribution in [3.8, 4) is 0 Å². The summed E-state index contributed by atoms with van der Waals surface area (Å²) in [7, 11) is 1.81. The van der Waals surface area contributed by atoms with Crippen LogP contribution in [0.2, 0.25) is 0 Å². The average Bonchev–Trinajstić information content (AvgIpc) is 3.09. The Bertz CT molecular complexity index is 309. The monoisotopic (exact) mass is 456 g/mol. The number of rotatable bonds is 12. The molecule has 0 bridgehead atoms. The zero-order valence-corrected chi connectivity index (χ0v) is 18.0. The highest BCUT2D eigenvalue weighted by atomic mass is 127. The fraction of sp³-hybridized carbons (Fsp3) is 0.941. The first-order chi connectivity index (χ1) is 11.3. The number of nitrogens with zero attached hydrogens (tertiary/aromatic N) is 2. The predicted molar refractivity (Wildman–Crippen MR) is 112 cm³/mol. The minimum atomic E-state index is 0. The highest BCUT2D eigenvalue weighted by Gasteiger charge is 2.14. The summed E-state index contributed by atoms with van der Waals surface area (Å²) in [6.07, 6.45) is 4.75. The third-order valence-corrected chi connectivity index (χ3v) is 4.15. The fourth-order valence-corrected chi connectivity index (χ4v) is 2.64. The van der Waals surface area contributed by atoms with Crippen molar-refractivity contribution < 1.29 is 9.47 Å². The highest BCUT2D eigenvalue weighted by Crippen LogP contribution is 2.11. The van der Waals surface area contributed by atoms with Gasteiger partial charge in [-0.3, -0.25) is 4.99 Å². The van der Waals surface area contributed by atoms with E-state index in [9.17, 15) is 0 Å². The van der Waals surface area contributed by atoms with E-state index in [0.717, 1.165) is 77.8 Å². The van der Waals surface area contributed by atoms with Gasteiger partial charge in [-0.15, -0.1) is 24.0 Å².